The molecule has 34 heavy (non-hydrogen) atoms. The van der Waals surface area contributed by atoms with Crippen molar-refractivity contribution in [3.05, 3.63) is 57.2 Å². The number of carbonyl (C=O) groups excluding carboxylic acids is 2. The van der Waals surface area contributed by atoms with E-state index in [0.717, 1.165) is 48.6 Å². The van der Waals surface area contributed by atoms with Crippen LogP contribution in [0.2, 0.25) is 5.02 Å². The molecule has 0 bridgehead atoms. The Kier molecular flexibility index (Phi) is 7.29. The van der Waals surface area contributed by atoms with Gasteiger partial charge in [-0.1, -0.05) is 35.9 Å². The number of rotatable bonds is 8. The molecule has 0 radical (unpaired) electrons. The quantitative estimate of drug-likeness (QED) is 0.555. The van der Waals surface area contributed by atoms with Gasteiger partial charge in [-0.3, -0.25) is 14.5 Å². The summed E-state index contributed by atoms with van der Waals surface area (Å²) in [7, 11) is 0. The van der Waals surface area contributed by atoms with Crippen LogP contribution in [0.4, 0.5) is 0 Å². The Labute approximate surface area is 208 Å². The molecule has 3 heterocycles. The second kappa shape index (κ2) is 10.6. The molecule has 1 saturated heterocycles. The van der Waals surface area contributed by atoms with Crippen molar-refractivity contribution < 1.29 is 14.3 Å². The normalized spacial score (nSPS) is 20.9. The average molecular weight is 501 g/mol. The van der Waals surface area contributed by atoms with Crippen LogP contribution in [0.15, 0.2) is 46.9 Å². The summed E-state index contributed by atoms with van der Waals surface area (Å²) in [6.07, 6.45) is 2.42. The lowest BCUT2D eigenvalue weighted by atomic mass is 10.0. The van der Waals surface area contributed by atoms with Crippen LogP contribution in [0.5, 0.6) is 0 Å². The van der Waals surface area contributed by atoms with Crippen molar-refractivity contribution in [1.82, 2.24) is 14.8 Å². The molecule has 0 N–H and O–H groups in total. The van der Waals surface area contributed by atoms with Crippen LogP contribution in [0.25, 0.3) is 0 Å². The lowest BCUT2D eigenvalue weighted by molar-refractivity contribution is -0.142. The van der Waals surface area contributed by atoms with Crippen LogP contribution >= 0.6 is 22.9 Å². The maximum Gasteiger partial charge on any atom is 0.262 e. The summed E-state index contributed by atoms with van der Waals surface area (Å²) in [5.74, 6) is -0.0365. The van der Waals surface area contributed by atoms with E-state index in [1.807, 2.05) is 41.8 Å². The van der Waals surface area contributed by atoms with E-state index in [2.05, 4.69) is 4.90 Å². The first-order valence-corrected chi connectivity index (χ1v) is 13.1. The Balaban J connectivity index is 1.35. The Morgan fingerprint density at radius 2 is 1.94 bits per heavy atom. The number of halogens is 1. The fraction of sp³-hybridized carbons (Fsp3) is 0.480. The van der Waals surface area contributed by atoms with E-state index in [1.54, 1.807) is 21.2 Å². The third-order valence-electron chi connectivity index (χ3n) is 6.59. The highest BCUT2D eigenvalue weighted by molar-refractivity contribution is 7.12. The molecule has 1 aliphatic carbocycles. The molecule has 1 aromatic carbocycles. The van der Waals surface area contributed by atoms with Gasteiger partial charge in [-0.2, -0.15) is 5.10 Å². The number of carbonyl (C=O) groups is 2. The van der Waals surface area contributed by atoms with Crippen molar-refractivity contribution in [1.29, 1.82) is 0 Å². The fourth-order valence-electron chi connectivity index (χ4n) is 4.50. The summed E-state index contributed by atoms with van der Waals surface area (Å²) < 4.78 is 5.43. The SMILES string of the molecule is O=C(C1CC1)N(CCN1CCOCC1)CC(=O)N1N=C(c2cccs2)CC1c1ccccc1Cl. The number of hydrazone groups is 1. The first kappa shape index (κ1) is 23.5. The van der Waals surface area contributed by atoms with Gasteiger partial charge in [0.25, 0.3) is 5.91 Å². The van der Waals surface area contributed by atoms with Crippen molar-refractivity contribution >= 4 is 40.5 Å². The van der Waals surface area contributed by atoms with E-state index in [0.29, 0.717) is 31.2 Å². The minimum atomic E-state index is -0.282. The van der Waals surface area contributed by atoms with Gasteiger partial charge < -0.3 is 9.64 Å². The van der Waals surface area contributed by atoms with Crippen molar-refractivity contribution in [2.24, 2.45) is 11.0 Å². The predicted octanol–water partition coefficient (Wildman–Crippen LogP) is 3.65. The van der Waals surface area contributed by atoms with Crippen molar-refractivity contribution in [3.8, 4) is 0 Å². The van der Waals surface area contributed by atoms with Crippen molar-refractivity contribution in [2.75, 3.05) is 45.9 Å². The number of benzene rings is 1. The zero-order valence-corrected chi connectivity index (χ0v) is 20.6. The van der Waals surface area contributed by atoms with Gasteiger partial charge >= 0.3 is 0 Å². The smallest absolute Gasteiger partial charge is 0.262 e. The summed E-state index contributed by atoms with van der Waals surface area (Å²) in [4.78, 5) is 31.7. The number of ether oxygens (including phenoxy) is 1. The first-order chi connectivity index (χ1) is 16.6. The van der Waals surface area contributed by atoms with Gasteiger partial charge in [0.05, 0.1) is 29.8 Å². The topological polar surface area (TPSA) is 65.5 Å². The Morgan fingerprint density at radius 3 is 2.65 bits per heavy atom. The molecule has 2 amide bonds. The molecule has 3 aliphatic rings. The summed E-state index contributed by atoms with van der Waals surface area (Å²) in [6, 6.07) is 11.3. The van der Waals surface area contributed by atoms with E-state index in [1.165, 1.54) is 0 Å². The molecule has 2 aromatic rings. The number of thiophene rings is 1. The monoisotopic (exact) mass is 500 g/mol. The Morgan fingerprint density at radius 1 is 1.15 bits per heavy atom. The minimum Gasteiger partial charge on any atom is -0.379 e. The lowest BCUT2D eigenvalue weighted by Crippen LogP contribution is -2.47. The molecule has 2 aliphatic heterocycles. The number of amides is 2. The van der Waals surface area contributed by atoms with Crippen LogP contribution in [-0.2, 0) is 14.3 Å². The lowest BCUT2D eigenvalue weighted by Gasteiger charge is -2.31. The second-order valence-electron chi connectivity index (χ2n) is 8.99. The van der Waals surface area contributed by atoms with Crippen LogP contribution in [0.1, 0.15) is 35.7 Å². The molecule has 5 rings (SSSR count). The van der Waals surface area contributed by atoms with Crippen molar-refractivity contribution in [3.63, 3.8) is 0 Å². The van der Waals surface area contributed by atoms with Gasteiger partial charge in [-0.05, 0) is 35.9 Å². The maximum absolute atomic E-state index is 13.6. The third-order valence-corrected chi connectivity index (χ3v) is 7.85. The number of morpholine rings is 1. The van der Waals surface area contributed by atoms with Gasteiger partial charge in [0, 0.05) is 43.5 Å². The molecular formula is C25H29ClN4O3S. The van der Waals surface area contributed by atoms with Gasteiger partial charge in [0.15, 0.2) is 0 Å². The zero-order valence-electron chi connectivity index (χ0n) is 19.1. The molecule has 1 unspecified atom stereocenters. The fourth-order valence-corrected chi connectivity index (χ4v) is 5.48. The van der Waals surface area contributed by atoms with Crippen LogP contribution in [-0.4, -0.2) is 78.3 Å². The van der Waals surface area contributed by atoms with E-state index in [4.69, 9.17) is 21.4 Å². The Bertz CT molecular complexity index is 1050. The van der Waals surface area contributed by atoms with E-state index in [-0.39, 0.29) is 30.3 Å². The molecule has 1 atom stereocenters. The number of nitrogens with zero attached hydrogens (tertiary/aromatic N) is 4. The maximum atomic E-state index is 13.6. The average Bonchev–Trinajstić information content (AvgIpc) is 3.37. The van der Waals surface area contributed by atoms with E-state index < -0.39 is 0 Å². The van der Waals surface area contributed by atoms with Crippen LogP contribution in [0.3, 0.4) is 0 Å². The highest BCUT2D eigenvalue weighted by Gasteiger charge is 2.38. The molecule has 9 heteroatoms. The van der Waals surface area contributed by atoms with E-state index in [9.17, 15) is 9.59 Å². The van der Waals surface area contributed by atoms with E-state index >= 15 is 0 Å². The molecule has 1 saturated carbocycles. The van der Waals surface area contributed by atoms with Gasteiger partial charge in [-0.15, -0.1) is 11.3 Å². The number of hydrogen-bond acceptors (Lipinski definition) is 6. The highest BCUT2D eigenvalue weighted by Crippen LogP contribution is 2.37. The first-order valence-electron chi connectivity index (χ1n) is 11.9. The zero-order chi connectivity index (χ0) is 23.5. The molecule has 0 spiro atoms. The summed E-state index contributed by atoms with van der Waals surface area (Å²) >= 11 is 8.13. The summed E-state index contributed by atoms with van der Waals surface area (Å²) in [5, 5.41) is 8.92. The van der Waals surface area contributed by atoms with Gasteiger partial charge in [0.2, 0.25) is 5.91 Å². The predicted molar refractivity (Wildman–Crippen MR) is 133 cm³/mol. The third kappa shape index (κ3) is 5.35. The molecule has 7 nitrogen and oxygen atoms in total. The standard InChI is InChI=1S/C25H29ClN4O3S/c26-20-5-2-1-4-19(20)22-16-21(23-6-3-15-34-23)27-30(22)24(31)17-29(25(32)18-7-8-18)10-9-28-11-13-33-14-12-28/h1-6,15,18,22H,7-14,16-17H2. The minimum absolute atomic E-state index is 0.0296. The molecule has 2 fully saturated rings. The second-order valence-corrected chi connectivity index (χ2v) is 10.3. The summed E-state index contributed by atoms with van der Waals surface area (Å²) in [5.41, 5.74) is 1.75. The van der Waals surface area contributed by atoms with Gasteiger partial charge in [0.1, 0.15) is 6.54 Å². The van der Waals surface area contributed by atoms with Crippen molar-refractivity contribution in [2.45, 2.75) is 25.3 Å². The van der Waals surface area contributed by atoms with Crippen LogP contribution < -0.4 is 0 Å². The molecule has 180 valence electrons. The van der Waals surface area contributed by atoms with Crippen LogP contribution in [0, 0.1) is 5.92 Å². The Hall–Kier alpha value is -2.26. The van der Waals surface area contributed by atoms with Gasteiger partial charge in [-0.25, -0.2) is 5.01 Å². The summed E-state index contributed by atoms with van der Waals surface area (Å²) in [6.45, 7) is 4.44. The highest BCUT2D eigenvalue weighted by atomic mass is 35.5. The molecular weight excluding hydrogens is 472 g/mol. The molecule has 1 aromatic heterocycles. The largest absolute Gasteiger partial charge is 0.379 e. The number of hydrogen-bond donors (Lipinski definition) is 0.